The first-order chi connectivity index (χ1) is 6.83. The molecule has 0 aliphatic heterocycles. The van der Waals surface area contributed by atoms with Crippen LogP contribution in [0.15, 0.2) is 0 Å². The Morgan fingerprint density at radius 1 is 1.14 bits per heavy atom. The minimum atomic E-state index is 0.758. The van der Waals surface area contributed by atoms with Crippen LogP contribution in [0.3, 0.4) is 0 Å². The molecule has 0 bridgehead atoms. The highest BCUT2D eigenvalue weighted by atomic mass is 14.9. The summed E-state index contributed by atoms with van der Waals surface area (Å²) in [4.78, 5) is 0. The molecule has 1 unspecified atom stereocenters. The minimum absolute atomic E-state index is 0.758. The van der Waals surface area contributed by atoms with Crippen molar-refractivity contribution in [3.63, 3.8) is 0 Å². The molecule has 1 atom stereocenters. The summed E-state index contributed by atoms with van der Waals surface area (Å²) < 4.78 is 0. The number of hydrogen-bond donors (Lipinski definition) is 1. The van der Waals surface area contributed by atoms with Crippen LogP contribution in [0, 0.1) is 5.92 Å². The molecule has 1 saturated carbocycles. The first-order valence-electron chi connectivity index (χ1n) is 6.56. The lowest BCUT2D eigenvalue weighted by atomic mass is 10.1. The summed E-state index contributed by atoms with van der Waals surface area (Å²) in [6.07, 6.45) is 11.4. The molecule has 0 heterocycles. The van der Waals surface area contributed by atoms with Gasteiger partial charge in [-0.05, 0) is 32.2 Å². The highest BCUT2D eigenvalue weighted by Crippen LogP contribution is 2.33. The van der Waals surface area contributed by atoms with Crippen molar-refractivity contribution in [2.24, 2.45) is 5.92 Å². The summed E-state index contributed by atoms with van der Waals surface area (Å²) in [7, 11) is 0. The van der Waals surface area contributed by atoms with Gasteiger partial charge < -0.3 is 5.32 Å². The Kier molecular flexibility index (Phi) is 6.25. The third-order valence-corrected chi connectivity index (χ3v) is 3.16. The number of hydrogen-bond acceptors (Lipinski definition) is 1. The summed E-state index contributed by atoms with van der Waals surface area (Å²) in [5.74, 6) is 1.07. The van der Waals surface area contributed by atoms with Crippen LogP contribution in [0.1, 0.15) is 65.2 Å². The molecule has 1 aliphatic carbocycles. The van der Waals surface area contributed by atoms with E-state index in [9.17, 15) is 0 Å². The molecule has 0 aromatic rings. The van der Waals surface area contributed by atoms with Gasteiger partial charge in [0.25, 0.3) is 0 Å². The zero-order valence-electron chi connectivity index (χ0n) is 10.0. The quantitative estimate of drug-likeness (QED) is 0.555. The molecular weight excluding hydrogens is 170 g/mol. The summed E-state index contributed by atoms with van der Waals surface area (Å²) in [6, 6.07) is 0.758. The van der Waals surface area contributed by atoms with Gasteiger partial charge in [-0.15, -0.1) is 0 Å². The zero-order valence-corrected chi connectivity index (χ0v) is 10.0. The van der Waals surface area contributed by atoms with Gasteiger partial charge in [-0.2, -0.15) is 0 Å². The van der Waals surface area contributed by atoms with Crippen molar-refractivity contribution in [3.05, 3.63) is 0 Å². The topological polar surface area (TPSA) is 12.0 Å². The molecule has 14 heavy (non-hydrogen) atoms. The zero-order chi connectivity index (χ0) is 10.2. The maximum atomic E-state index is 3.63. The van der Waals surface area contributed by atoms with Crippen molar-refractivity contribution in [1.82, 2.24) is 5.32 Å². The predicted molar refractivity (Wildman–Crippen MR) is 63.6 cm³/mol. The Hall–Kier alpha value is -0.0400. The molecule has 0 aromatic heterocycles. The average molecular weight is 197 g/mol. The second-order valence-corrected chi connectivity index (χ2v) is 4.95. The van der Waals surface area contributed by atoms with E-state index >= 15 is 0 Å². The van der Waals surface area contributed by atoms with Gasteiger partial charge in [-0.1, -0.05) is 45.4 Å². The van der Waals surface area contributed by atoms with Gasteiger partial charge in [-0.3, -0.25) is 0 Å². The standard InChI is InChI=1S/C13H27N/c1-3-4-5-6-7-10-14-12(2)11-13-8-9-13/h12-14H,3-11H2,1-2H3. The fourth-order valence-electron chi connectivity index (χ4n) is 2.01. The fourth-order valence-corrected chi connectivity index (χ4v) is 2.01. The first kappa shape index (κ1) is 12.0. The molecule has 1 fully saturated rings. The molecule has 0 saturated heterocycles. The lowest BCUT2D eigenvalue weighted by Crippen LogP contribution is -2.27. The van der Waals surface area contributed by atoms with Gasteiger partial charge in [0.05, 0.1) is 0 Å². The van der Waals surface area contributed by atoms with E-state index in [1.165, 1.54) is 57.9 Å². The van der Waals surface area contributed by atoms with Crippen LogP contribution in [-0.4, -0.2) is 12.6 Å². The molecule has 0 radical (unpaired) electrons. The molecule has 0 spiro atoms. The van der Waals surface area contributed by atoms with E-state index in [1.54, 1.807) is 0 Å². The largest absolute Gasteiger partial charge is 0.314 e. The van der Waals surface area contributed by atoms with Crippen molar-refractivity contribution in [2.75, 3.05) is 6.54 Å². The fraction of sp³-hybridized carbons (Fsp3) is 1.00. The van der Waals surface area contributed by atoms with Crippen LogP contribution in [-0.2, 0) is 0 Å². The van der Waals surface area contributed by atoms with Crippen molar-refractivity contribution < 1.29 is 0 Å². The molecule has 1 heteroatoms. The van der Waals surface area contributed by atoms with Gasteiger partial charge in [-0.25, -0.2) is 0 Å². The van der Waals surface area contributed by atoms with Crippen LogP contribution in [0.4, 0.5) is 0 Å². The normalized spacial score (nSPS) is 18.4. The van der Waals surface area contributed by atoms with Gasteiger partial charge in [0, 0.05) is 6.04 Å². The second kappa shape index (κ2) is 7.28. The molecule has 84 valence electrons. The molecule has 0 amide bonds. The smallest absolute Gasteiger partial charge is 0.00413 e. The highest BCUT2D eigenvalue weighted by Gasteiger charge is 2.22. The lowest BCUT2D eigenvalue weighted by Gasteiger charge is -2.12. The Balaban J connectivity index is 1.77. The minimum Gasteiger partial charge on any atom is -0.314 e. The molecule has 0 aromatic carbocycles. The van der Waals surface area contributed by atoms with E-state index in [-0.39, 0.29) is 0 Å². The van der Waals surface area contributed by atoms with Crippen LogP contribution in [0.2, 0.25) is 0 Å². The van der Waals surface area contributed by atoms with E-state index in [2.05, 4.69) is 19.2 Å². The Morgan fingerprint density at radius 2 is 1.86 bits per heavy atom. The summed E-state index contributed by atoms with van der Waals surface area (Å²) in [6.45, 7) is 5.85. The van der Waals surface area contributed by atoms with Crippen LogP contribution in [0.25, 0.3) is 0 Å². The molecule has 1 nitrogen and oxygen atoms in total. The van der Waals surface area contributed by atoms with E-state index in [4.69, 9.17) is 0 Å². The summed E-state index contributed by atoms with van der Waals surface area (Å²) >= 11 is 0. The highest BCUT2D eigenvalue weighted by molar-refractivity contribution is 4.77. The van der Waals surface area contributed by atoms with Gasteiger partial charge in [0.2, 0.25) is 0 Å². The van der Waals surface area contributed by atoms with E-state index in [0.29, 0.717) is 0 Å². The van der Waals surface area contributed by atoms with Crippen molar-refractivity contribution in [3.8, 4) is 0 Å². The van der Waals surface area contributed by atoms with E-state index in [0.717, 1.165) is 12.0 Å². The van der Waals surface area contributed by atoms with E-state index < -0.39 is 0 Å². The second-order valence-electron chi connectivity index (χ2n) is 4.95. The third kappa shape index (κ3) is 6.42. The number of nitrogens with one attached hydrogen (secondary N) is 1. The molecule has 1 aliphatic rings. The monoisotopic (exact) mass is 197 g/mol. The summed E-state index contributed by atoms with van der Waals surface area (Å²) in [5.41, 5.74) is 0. The van der Waals surface area contributed by atoms with Gasteiger partial charge >= 0.3 is 0 Å². The lowest BCUT2D eigenvalue weighted by molar-refractivity contribution is 0.472. The van der Waals surface area contributed by atoms with Crippen LogP contribution >= 0.6 is 0 Å². The maximum Gasteiger partial charge on any atom is 0.00413 e. The number of unbranched alkanes of at least 4 members (excludes halogenated alkanes) is 4. The third-order valence-electron chi connectivity index (χ3n) is 3.16. The summed E-state index contributed by atoms with van der Waals surface area (Å²) in [5, 5.41) is 3.63. The van der Waals surface area contributed by atoms with Crippen molar-refractivity contribution in [1.29, 1.82) is 0 Å². The molecule has 1 rings (SSSR count). The van der Waals surface area contributed by atoms with Crippen molar-refractivity contribution in [2.45, 2.75) is 71.3 Å². The van der Waals surface area contributed by atoms with Gasteiger partial charge in [0.15, 0.2) is 0 Å². The van der Waals surface area contributed by atoms with E-state index in [1.807, 2.05) is 0 Å². The number of rotatable bonds is 9. The molecule has 1 N–H and O–H groups in total. The van der Waals surface area contributed by atoms with Crippen LogP contribution in [0.5, 0.6) is 0 Å². The van der Waals surface area contributed by atoms with Crippen LogP contribution < -0.4 is 5.32 Å². The average Bonchev–Trinajstić information content (AvgIpc) is 2.95. The Morgan fingerprint density at radius 3 is 2.50 bits per heavy atom. The Bertz CT molecular complexity index is 129. The Labute approximate surface area is 89.7 Å². The first-order valence-corrected chi connectivity index (χ1v) is 6.56. The molecular formula is C13H27N. The predicted octanol–water partition coefficient (Wildman–Crippen LogP) is 3.74. The SMILES string of the molecule is CCCCCCCNC(C)CC1CC1. The van der Waals surface area contributed by atoms with Gasteiger partial charge in [0.1, 0.15) is 0 Å². The maximum absolute atomic E-state index is 3.63. The van der Waals surface area contributed by atoms with Crippen molar-refractivity contribution >= 4 is 0 Å².